The van der Waals surface area contributed by atoms with Crippen molar-refractivity contribution in [3.05, 3.63) is 30.3 Å². The summed E-state index contributed by atoms with van der Waals surface area (Å²) in [7, 11) is -3.13. The number of benzene rings is 1. The maximum absolute atomic E-state index is 13.5. The summed E-state index contributed by atoms with van der Waals surface area (Å²) < 4.78 is 26.6. The Morgan fingerprint density at radius 1 is 1.00 bits per heavy atom. The normalized spacial score (nSPS) is 63.0. The first-order chi connectivity index (χ1) is 10.2. The van der Waals surface area contributed by atoms with E-state index in [9.17, 15) is 8.42 Å². The molecule has 3 heteroatoms. The predicted molar refractivity (Wildman–Crippen MR) is 77.1 cm³/mol. The van der Waals surface area contributed by atoms with Crippen LogP contribution in [0.25, 0.3) is 0 Å². The van der Waals surface area contributed by atoms with Crippen LogP contribution in [0.15, 0.2) is 35.2 Å². The van der Waals surface area contributed by atoms with Crippen molar-refractivity contribution in [3.8, 4) is 0 Å². The number of fused-ring (bicyclic) bond motifs is 2. The molecule has 8 atom stereocenters. The molecule has 0 radical (unpaired) electrons. The van der Waals surface area contributed by atoms with Gasteiger partial charge < -0.3 is 0 Å². The molecule has 0 heterocycles. The van der Waals surface area contributed by atoms with E-state index in [1.807, 2.05) is 30.3 Å². The average molecular weight is 298 g/mol. The minimum Gasteiger partial charge on any atom is -0.223 e. The highest BCUT2D eigenvalue weighted by molar-refractivity contribution is 7.93. The van der Waals surface area contributed by atoms with Crippen LogP contribution in [0.1, 0.15) is 25.7 Å². The number of hydrogen-bond acceptors (Lipinski definition) is 2. The Kier molecular flexibility index (Phi) is 1.30. The standard InChI is InChI=1S/C18H18O2S/c19-21(20,12-4-2-1-3-5-12)18-14-9-13-15(18)16(13)10-6-7-11(8-10)17(14,16)18/h1-5,10-11,13-15H,6-9H2/t10-,11-,13+,14-,15+,16+,17-,18-/m0/s1. The quantitative estimate of drug-likeness (QED) is 0.841. The van der Waals surface area contributed by atoms with Gasteiger partial charge >= 0.3 is 0 Å². The van der Waals surface area contributed by atoms with E-state index in [2.05, 4.69) is 0 Å². The maximum atomic E-state index is 13.5. The molecule has 1 aromatic carbocycles. The molecule has 2 spiro atoms. The van der Waals surface area contributed by atoms with Gasteiger partial charge in [0.2, 0.25) is 0 Å². The Hall–Kier alpha value is -0.830. The van der Waals surface area contributed by atoms with E-state index >= 15 is 0 Å². The topological polar surface area (TPSA) is 34.1 Å². The molecule has 0 N–H and O–H groups in total. The van der Waals surface area contributed by atoms with Crippen molar-refractivity contribution in [2.24, 2.45) is 40.4 Å². The molecule has 7 fully saturated rings. The number of sulfone groups is 1. The van der Waals surface area contributed by atoms with Gasteiger partial charge in [0.25, 0.3) is 0 Å². The first kappa shape index (κ1) is 10.8. The molecule has 21 heavy (non-hydrogen) atoms. The maximum Gasteiger partial charge on any atom is 0.185 e. The Bertz CT molecular complexity index is 826. The van der Waals surface area contributed by atoms with Crippen LogP contribution in [0.2, 0.25) is 0 Å². The summed E-state index contributed by atoms with van der Waals surface area (Å²) in [5.74, 6) is 3.51. The molecule has 8 rings (SSSR count). The third-order valence-corrected chi connectivity index (χ3v) is 11.6. The molecule has 0 saturated heterocycles. The van der Waals surface area contributed by atoms with Crippen molar-refractivity contribution in [2.45, 2.75) is 35.3 Å². The van der Waals surface area contributed by atoms with Crippen molar-refractivity contribution in [2.75, 3.05) is 0 Å². The molecule has 1 aromatic rings. The molecule has 7 aliphatic rings. The third-order valence-electron chi connectivity index (χ3n) is 8.97. The molecule has 2 nitrogen and oxygen atoms in total. The molecule has 0 amide bonds. The Labute approximate surface area is 124 Å². The van der Waals surface area contributed by atoms with Crippen LogP contribution in [-0.4, -0.2) is 13.2 Å². The summed E-state index contributed by atoms with van der Waals surface area (Å²) in [6, 6.07) is 9.32. The molecular formula is C18H18O2S. The Morgan fingerprint density at radius 2 is 1.76 bits per heavy atom. The van der Waals surface area contributed by atoms with Crippen LogP contribution in [0, 0.1) is 40.4 Å². The largest absolute Gasteiger partial charge is 0.223 e. The van der Waals surface area contributed by atoms with Gasteiger partial charge in [-0.15, -0.1) is 0 Å². The van der Waals surface area contributed by atoms with Crippen molar-refractivity contribution in [1.82, 2.24) is 0 Å². The number of rotatable bonds is 2. The van der Waals surface area contributed by atoms with Crippen LogP contribution in [0.3, 0.4) is 0 Å². The van der Waals surface area contributed by atoms with Gasteiger partial charge in [0.1, 0.15) is 0 Å². The van der Waals surface area contributed by atoms with Gasteiger partial charge in [-0.25, -0.2) is 8.42 Å². The minimum absolute atomic E-state index is 0.257. The smallest absolute Gasteiger partial charge is 0.185 e. The lowest BCUT2D eigenvalue weighted by Crippen LogP contribution is -2.51. The van der Waals surface area contributed by atoms with Crippen LogP contribution in [0.5, 0.6) is 0 Å². The summed E-state index contributed by atoms with van der Waals surface area (Å²) in [4.78, 5) is 0.593. The van der Waals surface area contributed by atoms with Gasteiger partial charge in [0.15, 0.2) is 9.84 Å². The van der Waals surface area contributed by atoms with E-state index in [0.29, 0.717) is 22.1 Å². The van der Waals surface area contributed by atoms with Crippen LogP contribution in [0.4, 0.5) is 0 Å². The van der Waals surface area contributed by atoms with Gasteiger partial charge in [0.05, 0.1) is 9.64 Å². The van der Waals surface area contributed by atoms with Crippen LogP contribution < -0.4 is 0 Å². The first-order valence-corrected chi connectivity index (χ1v) is 9.94. The van der Waals surface area contributed by atoms with Gasteiger partial charge in [0, 0.05) is 5.41 Å². The summed E-state index contributed by atoms with van der Waals surface area (Å²) in [5, 5.41) is 0. The monoisotopic (exact) mass is 298 g/mol. The van der Waals surface area contributed by atoms with Gasteiger partial charge in [-0.3, -0.25) is 0 Å². The molecule has 7 aliphatic carbocycles. The summed E-state index contributed by atoms with van der Waals surface area (Å²) in [6.07, 6.45) is 5.31. The van der Waals surface area contributed by atoms with Gasteiger partial charge in [-0.1, -0.05) is 18.2 Å². The van der Waals surface area contributed by atoms with E-state index in [4.69, 9.17) is 0 Å². The van der Waals surface area contributed by atoms with Crippen molar-refractivity contribution >= 4 is 9.84 Å². The number of hydrogen-bond donors (Lipinski definition) is 0. The zero-order valence-corrected chi connectivity index (χ0v) is 12.6. The second kappa shape index (κ2) is 2.51. The summed E-state index contributed by atoms with van der Waals surface area (Å²) in [5.41, 5.74) is 0.787. The highest BCUT2D eigenvalue weighted by Crippen LogP contribution is 3.14. The molecular weight excluding hydrogens is 280 g/mol. The molecule has 0 aliphatic heterocycles. The minimum atomic E-state index is -3.13. The lowest BCUT2D eigenvalue weighted by Gasteiger charge is -2.45. The lowest BCUT2D eigenvalue weighted by molar-refractivity contribution is 0.0740. The first-order valence-electron chi connectivity index (χ1n) is 8.46. The Morgan fingerprint density at radius 3 is 2.57 bits per heavy atom. The Balaban J connectivity index is 1.49. The van der Waals surface area contributed by atoms with E-state index in [-0.39, 0.29) is 10.2 Å². The SMILES string of the molecule is O=S(=O)(c1ccccc1)[C@]12[C@@H]3[C@H]4C[C@H]1[C@]21[C@H]2CC[C@@H](C2)[C@@]431. The second-order valence-corrected chi connectivity index (χ2v) is 10.6. The molecule has 7 saturated carbocycles. The predicted octanol–water partition coefficient (Wildman–Crippen LogP) is 2.89. The molecule has 108 valence electrons. The zero-order chi connectivity index (χ0) is 13.8. The van der Waals surface area contributed by atoms with Crippen molar-refractivity contribution in [3.63, 3.8) is 0 Å². The fourth-order valence-corrected chi connectivity index (χ4v) is 12.4. The van der Waals surface area contributed by atoms with E-state index in [0.717, 1.165) is 17.8 Å². The fraction of sp³-hybridized carbons (Fsp3) is 0.667. The summed E-state index contributed by atoms with van der Waals surface area (Å²) >= 11 is 0. The van der Waals surface area contributed by atoms with Crippen LogP contribution in [-0.2, 0) is 9.84 Å². The second-order valence-electron chi connectivity index (χ2n) is 8.49. The summed E-state index contributed by atoms with van der Waals surface area (Å²) in [6.45, 7) is 0. The van der Waals surface area contributed by atoms with Crippen molar-refractivity contribution in [1.29, 1.82) is 0 Å². The average Bonchev–Trinajstić information content (AvgIpc) is 2.96. The van der Waals surface area contributed by atoms with Gasteiger partial charge in [-0.05, 0) is 72.8 Å². The fourth-order valence-electron chi connectivity index (χ4n) is 9.31. The molecule has 0 aromatic heterocycles. The van der Waals surface area contributed by atoms with E-state index in [1.165, 1.54) is 25.7 Å². The van der Waals surface area contributed by atoms with Crippen LogP contribution >= 0.6 is 0 Å². The lowest BCUT2D eigenvalue weighted by atomic mass is 9.63. The third kappa shape index (κ3) is 0.624. The van der Waals surface area contributed by atoms with E-state index < -0.39 is 9.84 Å². The highest BCUT2D eigenvalue weighted by atomic mass is 32.2. The zero-order valence-electron chi connectivity index (χ0n) is 11.8. The van der Waals surface area contributed by atoms with Gasteiger partial charge in [-0.2, -0.15) is 0 Å². The molecule has 0 unspecified atom stereocenters. The highest BCUT2D eigenvalue weighted by Gasteiger charge is 3.17. The van der Waals surface area contributed by atoms with E-state index in [1.54, 1.807) is 0 Å². The molecule has 4 bridgehead atoms. The van der Waals surface area contributed by atoms with Crippen molar-refractivity contribution < 1.29 is 8.42 Å².